The molecule has 55 heavy (non-hydrogen) atoms. The summed E-state index contributed by atoms with van der Waals surface area (Å²) in [6.45, 7) is 8.53. The van der Waals surface area contributed by atoms with E-state index in [1.807, 2.05) is 0 Å². The summed E-state index contributed by atoms with van der Waals surface area (Å²) in [7, 11) is 3.23. The molecule has 16 nitrogen and oxygen atoms in total. The molecule has 0 aromatic heterocycles. The van der Waals surface area contributed by atoms with Gasteiger partial charge in [0.15, 0.2) is 0 Å². The van der Waals surface area contributed by atoms with Gasteiger partial charge in [0, 0.05) is 49.0 Å². The minimum absolute atomic E-state index is 0. The number of ether oxygens (including phenoxy) is 8. The number of thioether (sulfide) groups is 2. The molecule has 0 saturated heterocycles. The monoisotopic (exact) mass is 836 g/mol. The van der Waals surface area contributed by atoms with Gasteiger partial charge in [-0.05, 0) is 38.1 Å². The summed E-state index contributed by atoms with van der Waals surface area (Å²) in [6.07, 6.45) is 0. The molecule has 2 N–H and O–H groups in total. The molecule has 0 spiro atoms. The van der Waals surface area contributed by atoms with E-state index in [1.54, 1.807) is 38.5 Å². The smallest absolute Gasteiger partial charge is 0.547 e. The summed E-state index contributed by atoms with van der Waals surface area (Å²) in [6, 6.07) is 9.65. The molecule has 0 bridgehead atoms. The third-order valence-electron chi connectivity index (χ3n) is 7.56. The van der Waals surface area contributed by atoms with Crippen LogP contribution in [-0.2, 0) is 38.0 Å². The Morgan fingerprint density at radius 3 is 1.24 bits per heavy atom. The largest absolute Gasteiger partial charge is 2.00 e. The van der Waals surface area contributed by atoms with E-state index in [4.69, 9.17) is 37.9 Å². The van der Waals surface area contributed by atoms with Crippen molar-refractivity contribution < 1.29 is 67.9 Å². The third kappa shape index (κ3) is 16.6. The zero-order chi connectivity index (χ0) is 39.4. The number of aromatic hydroxyl groups is 2. The van der Waals surface area contributed by atoms with E-state index >= 15 is 0 Å². The molecular formula is C36H48CaN2O14S2. The summed E-state index contributed by atoms with van der Waals surface area (Å²) in [4.78, 5) is 30.7. The molecule has 0 fully saturated rings. The second-order valence-corrected chi connectivity index (χ2v) is 14.0. The predicted octanol–water partition coefficient (Wildman–Crippen LogP) is 0.524. The number of phenols is 2. The molecule has 2 aliphatic rings. The quantitative estimate of drug-likeness (QED) is 0.109. The Hall–Kier alpha value is -2.36. The number of nitrogens with zero attached hydrogens (tertiary/aromatic N) is 2. The number of carbonyl (C=O) groups is 2. The maximum atomic E-state index is 11.2. The van der Waals surface area contributed by atoms with Crippen LogP contribution in [0.5, 0.6) is 23.0 Å². The zero-order valence-electron chi connectivity index (χ0n) is 31.6. The minimum Gasteiger partial charge on any atom is -0.547 e. The van der Waals surface area contributed by atoms with Gasteiger partial charge in [-0.25, -0.2) is 0 Å². The summed E-state index contributed by atoms with van der Waals surface area (Å²) < 4.78 is 42.1. The standard InChI is InChI=1S/2C18H25NO7S.Ca/c2*1-18(17(21)22)12-27-16(19-18)14-4-3-13(11-15(14)20)26-10-9-25-8-7-24-6-5-23-2;/h2*3-4,11,20H,5-10,12H2,1-2H3,(H,21,22);/q;;+2/p-2/t2*18-;/m11./s1. The average Bonchev–Trinajstić information content (AvgIpc) is 3.75. The second kappa shape index (κ2) is 25.8. The summed E-state index contributed by atoms with van der Waals surface area (Å²) in [5.41, 5.74) is -1.60. The molecule has 2 atom stereocenters. The van der Waals surface area contributed by atoms with Crippen molar-refractivity contribution in [2.75, 3.05) is 105 Å². The molecule has 0 amide bonds. The molecule has 2 aliphatic heterocycles. The van der Waals surface area contributed by atoms with E-state index in [-0.39, 0.29) is 60.7 Å². The van der Waals surface area contributed by atoms with Gasteiger partial charge in [0.05, 0.1) is 78.0 Å². The molecule has 0 unspecified atom stereocenters. The molecule has 0 radical (unpaired) electrons. The van der Waals surface area contributed by atoms with Crippen molar-refractivity contribution in [3.8, 4) is 23.0 Å². The molecule has 0 saturated carbocycles. The fourth-order valence-corrected chi connectivity index (χ4v) is 6.80. The maximum absolute atomic E-state index is 11.2. The molecule has 19 heteroatoms. The second-order valence-electron chi connectivity index (χ2n) is 12.0. The van der Waals surface area contributed by atoms with Gasteiger partial charge >= 0.3 is 37.7 Å². The Morgan fingerprint density at radius 1 is 0.618 bits per heavy atom. The van der Waals surface area contributed by atoms with E-state index in [1.165, 1.54) is 49.5 Å². The molecule has 4 rings (SSSR count). The van der Waals surface area contributed by atoms with E-state index in [0.717, 1.165) is 0 Å². The van der Waals surface area contributed by atoms with Crippen LogP contribution in [0.2, 0.25) is 0 Å². The molecule has 300 valence electrons. The number of aliphatic imine (C=N–C) groups is 2. The van der Waals surface area contributed by atoms with Gasteiger partial charge in [-0.15, -0.1) is 23.5 Å². The number of methoxy groups -OCH3 is 2. The number of carboxylic acid groups (broad SMARTS) is 2. The topological polar surface area (TPSA) is 219 Å². The number of hydrogen-bond donors (Lipinski definition) is 2. The van der Waals surface area contributed by atoms with Gasteiger partial charge in [-0.1, -0.05) is 0 Å². The fourth-order valence-electron chi connectivity index (χ4n) is 4.41. The first-order valence-corrected chi connectivity index (χ1v) is 19.0. The Bertz CT molecular complexity index is 1450. The van der Waals surface area contributed by atoms with Gasteiger partial charge in [-0.2, -0.15) is 0 Å². The number of rotatable bonds is 24. The van der Waals surface area contributed by atoms with Crippen LogP contribution in [0, 0.1) is 0 Å². The van der Waals surface area contributed by atoms with Gasteiger partial charge < -0.3 is 67.9 Å². The van der Waals surface area contributed by atoms with Crippen molar-refractivity contribution in [3.05, 3.63) is 47.5 Å². The van der Waals surface area contributed by atoms with Crippen LogP contribution in [0.4, 0.5) is 0 Å². The maximum Gasteiger partial charge on any atom is 2.00 e. The van der Waals surface area contributed by atoms with Gasteiger partial charge in [-0.3, -0.25) is 9.98 Å². The molecule has 0 aliphatic carbocycles. The van der Waals surface area contributed by atoms with E-state index in [2.05, 4.69) is 9.98 Å². The number of hydrogen-bond acceptors (Lipinski definition) is 18. The molecule has 2 aromatic rings. The molecule has 2 aromatic carbocycles. The number of carboxylic acids is 2. The normalized spacial score (nSPS) is 18.8. The third-order valence-corrected chi connectivity index (χ3v) is 10.1. The van der Waals surface area contributed by atoms with Gasteiger partial charge in [0.1, 0.15) is 57.4 Å². The summed E-state index contributed by atoms with van der Waals surface area (Å²) in [5.74, 6) is -0.973. The van der Waals surface area contributed by atoms with Crippen molar-refractivity contribution in [3.63, 3.8) is 0 Å². The number of aliphatic carboxylic acids is 2. The number of benzene rings is 2. The van der Waals surface area contributed by atoms with Crippen LogP contribution in [-0.4, -0.2) is 186 Å². The van der Waals surface area contributed by atoms with Crippen molar-refractivity contribution in [1.82, 2.24) is 0 Å². The van der Waals surface area contributed by atoms with Crippen molar-refractivity contribution in [1.29, 1.82) is 0 Å². The Morgan fingerprint density at radius 2 is 0.945 bits per heavy atom. The first-order valence-electron chi connectivity index (χ1n) is 17.0. The minimum atomic E-state index is -1.27. The van der Waals surface area contributed by atoms with Crippen LogP contribution in [0.25, 0.3) is 0 Å². The number of phenolic OH excluding ortho intramolecular Hbond substituents is 2. The van der Waals surface area contributed by atoms with Crippen LogP contribution < -0.4 is 19.7 Å². The van der Waals surface area contributed by atoms with Gasteiger partial charge in [0.2, 0.25) is 0 Å². The first-order chi connectivity index (χ1) is 25.9. The zero-order valence-corrected chi connectivity index (χ0v) is 35.4. The summed E-state index contributed by atoms with van der Waals surface area (Å²) >= 11 is 2.55. The van der Waals surface area contributed by atoms with Crippen LogP contribution in [0.3, 0.4) is 0 Å². The Kier molecular flexibility index (Phi) is 22.9. The van der Waals surface area contributed by atoms with Gasteiger partial charge in [0.25, 0.3) is 0 Å². The van der Waals surface area contributed by atoms with Crippen LogP contribution in [0.15, 0.2) is 46.4 Å². The van der Waals surface area contributed by atoms with Crippen molar-refractivity contribution in [2.45, 2.75) is 24.9 Å². The fraction of sp³-hybridized carbons (Fsp3) is 0.556. The van der Waals surface area contributed by atoms with Crippen molar-refractivity contribution >= 4 is 83.3 Å². The summed E-state index contributed by atoms with van der Waals surface area (Å²) in [5, 5.41) is 43.7. The predicted molar refractivity (Wildman–Crippen MR) is 205 cm³/mol. The van der Waals surface area contributed by atoms with E-state index in [9.17, 15) is 30.0 Å². The average molecular weight is 837 g/mol. The Labute approximate surface area is 359 Å². The molecule has 2 heterocycles. The van der Waals surface area contributed by atoms with Crippen molar-refractivity contribution in [2.24, 2.45) is 9.98 Å². The van der Waals surface area contributed by atoms with E-state index < -0.39 is 23.0 Å². The van der Waals surface area contributed by atoms with Crippen LogP contribution in [0.1, 0.15) is 25.0 Å². The molecular weight excluding hydrogens is 789 g/mol. The van der Waals surface area contributed by atoms with Crippen LogP contribution >= 0.6 is 23.5 Å². The number of carbonyl (C=O) groups excluding carboxylic acids is 2. The SMILES string of the molecule is COCCOCCOCCOc1ccc(C2=N[C@@](C)(C(=O)[O-])CS2)c(O)c1.COCCOCCOCCOc1ccc(C2=N[C@@](C)(C(=O)[O-])CS2)c(O)c1.[Ca+2]. The Balaban J connectivity index is 0.000000373. The first kappa shape index (κ1) is 48.8. The van der Waals surface area contributed by atoms with E-state index in [0.29, 0.717) is 112 Å².